The van der Waals surface area contributed by atoms with Crippen molar-refractivity contribution in [2.24, 2.45) is 17.3 Å². The quantitative estimate of drug-likeness (QED) is 0.703. The number of nitrogens with zero attached hydrogens (tertiary/aromatic N) is 4. The first kappa shape index (κ1) is 14.4. The maximum absolute atomic E-state index is 12.0. The summed E-state index contributed by atoms with van der Waals surface area (Å²) in [5.41, 5.74) is 1.45. The van der Waals surface area contributed by atoms with Gasteiger partial charge >= 0.3 is 0 Å². The SMILES string of the molecule is Cn1c(O)c(N=NC(=O)c2ccncc2)c2cc(Br)ccc21. The highest BCUT2D eigenvalue weighted by Gasteiger charge is 2.15. The Kier molecular flexibility index (Phi) is 3.72. The predicted molar refractivity (Wildman–Crippen MR) is 85.4 cm³/mol. The second-order valence-corrected chi connectivity index (χ2v) is 5.55. The molecule has 0 atom stereocenters. The lowest BCUT2D eigenvalue weighted by Gasteiger charge is -1.96. The number of azo groups is 1. The highest BCUT2D eigenvalue weighted by Crippen LogP contribution is 2.39. The Bertz CT molecular complexity index is 887. The lowest BCUT2D eigenvalue weighted by molar-refractivity contribution is 0.0995. The molecule has 3 aromatic rings. The molecule has 6 nitrogen and oxygen atoms in total. The van der Waals surface area contributed by atoms with Crippen LogP contribution in [0.5, 0.6) is 5.88 Å². The van der Waals surface area contributed by atoms with Crippen molar-refractivity contribution in [2.45, 2.75) is 0 Å². The van der Waals surface area contributed by atoms with E-state index in [0.717, 1.165) is 9.99 Å². The Morgan fingerprint density at radius 3 is 2.73 bits per heavy atom. The fourth-order valence-electron chi connectivity index (χ4n) is 2.13. The third-order valence-corrected chi connectivity index (χ3v) is 3.77. The smallest absolute Gasteiger partial charge is 0.295 e. The molecule has 2 aromatic heterocycles. The second kappa shape index (κ2) is 5.69. The summed E-state index contributed by atoms with van der Waals surface area (Å²) in [7, 11) is 1.72. The van der Waals surface area contributed by atoms with E-state index in [1.807, 2.05) is 18.2 Å². The molecule has 0 bridgehead atoms. The van der Waals surface area contributed by atoms with Crippen LogP contribution in [0.1, 0.15) is 10.4 Å². The summed E-state index contributed by atoms with van der Waals surface area (Å²) in [5, 5.41) is 18.5. The van der Waals surface area contributed by atoms with E-state index in [1.54, 1.807) is 23.7 Å². The number of halogens is 1. The van der Waals surface area contributed by atoms with Gasteiger partial charge in [-0.25, -0.2) is 0 Å². The summed E-state index contributed by atoms with van der Waals surface area (Å²) >= 11 is 3.38. The molecule has 0 aliphatic rings. The van der Waals surface area contributed by atoms with Crippen LogP contribution in [0.3, 0.4) is 0 Å². The lowest BCUT2D eigenvalue weighted by Crippen LogP contribution is -1.92. The van der Waals surface area contributed by atoms with E-state index in [0.29, 0.717) is 10.9 Å². The molecular formula is C15H11BrN4O2. The van der Waals surface area contributed by atoms with Gasteiger partial charge < -0.3 is 9.67 Å². The minimum absolute atomic E-state index is 0.0422. The van der Waals surface area contributed by atoms with Gasteiger partial charge in [-0.15, -0.1) is 10.2 Å². The molecule has 0 spiro atoms. The fraction of sp³-hybridized carbons (Fsp3) is 0.0667. The zero-order valence-electron chi connectivity index (χ0n) is 11.6. The summed E-state index contributed by atoms with van der Waals surface area (Å²) in [5.74, 6) is -0.534. The van der Waals surface area contributed by atoms with Crippen LogP contribution >= 0.6 is 15.9 Å². The van der Waals surface area contributed by atoms with Crippen LogP contribution in [-0.2, 0) is 7.05 Å². The number of fused-ring (bicyclic) bond motifs is 1. The van der Waals surface area contributed by atoms with Crippen LogP contribution in [-0.4, -0.2) is 20.6 Å². The van der Waals surface area contributed by atoms with Crippen LogP contribution in [0.25, 0.3) is 10.9 Å². The number of benzene rings is 1. The maximum Gasteiger partial charge on any atom is 0.295 e. The second-order valence-electron chi connectivity index (χ2n) is 4.63. The van der Waals surface area contributed by atoms with Gasteiger partial charge in [-0.05, 0) is 30.3 Å². The van der Waals surface area contributed by atoms with Crippen molar-refractivity contribution in [3.05, 3.63) is 52.8 Å². The third kappa shape index (κ3) is 2.50. The minimum atomic E-state index is -0.492. The molecule has 0 saturated heterocycles. The molecule has 0 fully saturated rings. The number of hydrogen-bond acceptors (Lipinski definition) is 4. The number of carbonyl (C=O) groups excluding carboxylic acids is 1. The van der Waals surface area contributed by atoms with Crippen molar-refractivity contribution in [3.63, 3.8) is 0 Å². The molecular weight excluding hydrogens is 348 g/mol. The van der Waals surface area contributed by atoms with Crippen LogP contribution in [0.15, 0.2) is 57.4 Å². The Morgan fingerprint density at radius 1 is 1.27 bits per heavy atom. The highest BCUT2D eigenvalue weighted by molar-refractivity contribution is 9.10. The fourth-order valence-corrected chi connectivity index (χ4v) is 2.49. The van der Waals surface area contributed by atoms with E-state index in [-0.39, 0.29) is 11.6 Å². The van der Waals surface area contributed by atoms with Crippen molar-refractivity contribution in [3.8, 4) is 5.88 Å². The molecule has 0 radical (unpaired) electrons. The summed E-state index contributed by atoms with van der Waals surface area (Å²) in [6.45, 7) is 0. The highest BCUT2D eigenvalue weighted by atomic mass is 79.9. The molecule has 22 heavy (non-hydrogen) atoms. The zero-order chi connectivity index (χ0) is 15.7. The van der Waals surface area contributed by atoms with Gasteiger partial charge in [0.2, 0.25) is 5.88 Å². The monoisotopic (exact) mass is 358 g/mol. The Labute approximate surface area is 134 Å². The van der Waals surface area contributed by atoms with Gasteiger partial charge in [-0.3, -0.25) is 9.78 Å². The minimum Gasteiger partial charge on any atom is -0.493 e. The van der Waals surface area contributed by atoms with Crippen LogP contribution in [0.4, 0.5) is 5.69 Å². The lowest BCUT2D eigenvalue weighted by atomic mass is 10.2. The van der Waals surface area contributed by atoms with E-state index in [9.17, 15) is 9.90 Å². The summed E-state index contributed by atoms with van der Waals surface area (Å²) in [4.78, 5) is 15.8. The summed E-state index contributed by atoms with van der Waals surface area (Å²) in [6.07, 6.45) is 3.02. The van der Waals surface area contributed by atoms with Crippen LogP contribution in [0.2, 0.25) is 0 Å². The third-order valence-electron chi connectivity index (χ3n) is 3.27. The molecule has 0 saturated carbocycles. The van der Waals surface area contributed by atoms with Gasteiger partial charge in [0.15, 0.2) is 5.69 Å². The van der Waals surface area contributed by atoms with E-state index in [1.165, 1.54) is 12.4 Å². The number of aromatic hydroxyl groups is 1. The molecule has 2 heterocycles. The summed E-state index contributed by atoms with van der Waals surface area (Å²) in [6, 6.07) is 8.65. The van der Waals surface area contributed by atoms with Crippen molar-refractivity contribution in [2.75, 3.05) is 0 Å². The Morgan fingerprint density at radius 2 is 2.00 bits per heavy atom. The number of aryl methyl sites for hydroxylation is 1. The van der Waals surface area contributed by atoms with Gasteiger partial charge in [0.1, 0.15) is 0 Å². The van der Waals surface area contributed by atoms with E-state index >= 15 is 0 Å². The molecule has 1 N–H and O–H groups in total. The van der Waals surface area contributed by atoms with E-state index in [2.05, 4.69) is 31.1 Å². The molecule has 7 heteroatoms. The Balaban J connectivity index is 2.04. The average molecular weight is 359 g/mol. The summed E-state index contributed by atoms with van der Waals surface area (Å²) < 4.78 is 2.44. The van der Waals surface area contributed by atoms with Gasteiger partial charge in [-0.2, -0.15) is 0 Å². The molecule has 3 rings (SSSR count). The van der Waals surface area contributed by atoms with Gasteiger partial charge in [0.25, 0.3) is 5.91 Å². The van der Waals surface area contributed by atoms with Crippen LogP contribution in [0, 0.1) is 0 Å². The molecule has 0 aliphatic heterocycles. The predicted octanol–water partition coefficient (Wildman–Crippen LogP) is 3.97. The van der Waals surface area contributed by atoms with E-state index in [4.69, 9.17) is 0 Å². The largest absolute Gasteiger partial charge is 0.493 e. The number of aromatic nitrogens is 2. The molecule has 1 aromatic carbocycles. The first-order chi connectivity index (χ1) is 10.6. The molecule has 0 aliphatic carbocycles. The van der Waals surface area contributed by atoms with Crippen molar-refractivity contribution < 1.29 is 9.90 Å². The number of pyridine rings is 1. The Hall–Kier alpha value is -2.54. The standard InChI is InChI=1S/C15H11BrN4O2/c1-20-12-3-2-10(16)8-11(12)13(15(20)22)18-19-14(21)9-4-6-17-7-5-9/h2-8,22H,1H3. The number of rotatable bonds is 2. The van der Waals surface area contributed by atoms with Gasteiger partial charge in [0, 0.05) is 34.9 Å². The van der Waals surface area contributed by atoms with Crippen molar-refractivity contribution in [1.29, 1.82) is 0 Å². The molecule has 1 amide bonds. The number of carbonyl (C=O) groups is 1. The normalized spacial score (nSPS) is 11.4. The first-order valence-corrected chi connectivity index (χ1v) is 7.20. The molecule has 110 valence electrons. The zero-order valence-corrected chi connectivity index (χ0v) is 13.1. The topological polar surface area (TPSA) is 79.8 Å². The van der Waals surface area contributed by atoms with Gasteiger partial charge in [-0.1, -0.05) is 15.9 Å². The van der Waals surface area contributed by atoms with Crippen LogP contribution < -0.4 is 0 Å². The van der Waals surface area contributed by atoms with Gasteiger partial charge in [0.05, 0.1) is 5.52 Å². The van der Waals surface area contributed by atoms with Crippen molar-refractivity contribution >= 4 is 38.4 Å². The van der Waals surface area contributed by atoms with E-state index < -0.39 is 5.91 Å². The molecule has 0 unspecified atom stereocenters. The number of hydrogen-bond donors (Lipinski definition) is 1. The average Bonchev–Trinajstić information content (AvgIpc) is 2.77. The van der Waals surface area contributed by atoms with Crippen molar-refractivity contribution in [1.82, 2.24) is 9.55 Å². The number of amides is 1. The first-order valence-electron chi connectivity index (χ1n) is 6.41. The maximum atomic E-state index is 12.0.